The summed E-state index contributed by atoms with van der Waals surface area (Å²) in [7, 11) is -4.20. The predicted octanol–water partition coefficient (Wildman–Crippen LogP) is 2.66. The van der Waals surface area contributed by atoms with E-state index in [9.17, 15) is 22.0 Å². The summed E-state index contributed by atoms with van der Waals surface area (Å²) in [5, 5.41) is 2.81. The molecule has 0 saturated heterocycles. The number of sulfonamides is 1. The molecule has 126 valence electrons. The predicted molar refractivity (Wildman–Crippen MR) is 84.1 cm³/mol. The highest BCUT2D eigenvalue weighted by molar-refractivity contribution is 7.92. The first kappa shape index (κ1) is 16.4. The minimum atomic E-state index is -4.20. The zero-order valence-electron chi connectivity index (χ0n) is 12.4. The number of benzene rings is 2. The van der Waals surface area contributed by atoms with Crippen molar-refractivity contribution in [1.82, 2.24) is 5.32 Å². The molecular weight excluding hydrogens is 338 g/mol. The topological polar surface area (TPSA) is 75.3 Å². The second-order valence-electron chi connectivity index (χ2n) is 5.51. The number of carbonyl (C=O) groups excluding carboxylic acids is 1. The van der Waals surface area contributed by atoms with Crippen LogP contribution in [0, 0.1) is 11.6 Å². The molecule has 1 amide bonds. The Bertz CT molecular complexity index is 879. The molecule has 0 bridgehead atoms. The van der Waals surface area contributed by atoms with Crippen LogP contribution in [0.2, 0.25) is 0 Å². The lowest BCUT2D eigenvalue weighted by Crippen LogP contribution is -2.25. The van der Waals surface area contributed by atoms with Gasteiger partial charge in [-0.1, -0.05) is 0 Å². The molecule has 0 heterocycles. The van der Waals surface area contributed by atoms with Gasteiger partial charge in [-0.2, -0.15) is 0 Å². The lowest BCUT2D eigenvalue weighted by Gasteiger charge is -2.10. The maximum absolute atomic E-state index is 13.6. The Hall–Kier alpha value is -2.48. The Labute approximate surface area is 137 Å². The Balaban J connectivity index is 1.75. The van der Waals surface area contributed by atoms with Gasteiger partial charge in [-0.25, -0.2) is 17.2 Å². The number of halogens is 2. The molecule has 8 heteroatoms. The van der Waals surface area contributed by atoms with Crippen LogP contribution in [0.15, 0.2) is 47.4 Å². The van der Waals surface area contributed by atoms with Gasteiger partial charge in [0.25, 0.3) is 15.9 Å². The molecule has 5 nitrogen and oxygen atoms in total. The lowest BCUT2D eigenvalue weighted by atomic mass is 10.2. The Morgan fingerprint density at radius 3 is 2.29 bits per heavy atom. The van der Waals surface area contributed by atoms with Gasteiger partial charge in [0.1, 0.15) is 16.5 Å². The molecule has 2 aromatic rings. The van der Waals surface area contributed by atoms with Crippen molar-refractivity contribution >= 4 is 21.6 Å². The van der Waals surface area contributed by atoms with Crippen molar-refractivity contribution in [1.29, 1.82) is 0 Å². The number of carbonyl (C=O) groups is 1. The van der Waals surface area contributed by atoms with E-state index in [1.54, 1.807) is 0 Å². The molecule has 3 rings (SSSR count). The molecule has 1 saturated carbocycles. The molecule has 0 radical (unpaired) electrons. The van der Waals surface area contributed by atoms with Crippen molar-refractivity contribution in [3.63, 3.8) is 0 Å². The van der Waals surface area contributed by atoms with Gasteiger partial charge in [-0.15, -0.1) is 0 Å². The van der Waals surface area contributed by atoms with E-state index in [0.29, 0.717) is 11.6 Å². The Morgan fingerprint density at radius 2 is 1.71 bits per heavy atom. The van der Waals surface area contributed by atoms with Gasteiger partial charge < -0.3 is 5.32 Å². The van der Waals surface area contributed by atoms with Crippen LogP contribution in [-0.2, 0) is 10.0 Å². The summed E-state index contributed by atoms with van der Waals surface area (Å²) in [6.07, 6.45) is 1.93. The van der Waals surface area contributed by atoms with Crippen molar-refractivity contribution in [2.75, 3.05) is 4.72 Å². The zero-order chi connectivity index (χ0) is 17.3. The van der Waals surface area contributed by atoms with Crippen LogP contribution >= 0.6 is 0 Å². The van der Waals surface area contributed by atoms with E-state index >= 15 is 0 Å². The maximum Gasteiger partial charge on any atom is 0.264 e. The summed E-state index contributed by atoms with van der Waals surface area (Å²) in [6, 6.07) is 8.18. The third-order valence-corrected chi connectivity index (χ3v) is 4.91. The van der Waals surface area contributed by atoms with Gasteiger partial charge in [-0.3, -0.25) is 9.52 Å². The van der Waals surface area contributed by atoms with Gasteiger partial charge >= 0.3 is 0 Å². The second-order valence-corrected chi connectivity index (χ2v) is 7.16. The molecule has 0 spiro atoms. The minimum Gasteiger partial charge on any atom is -0.349 e. The standard InChI is InChI=1S/C16H14F2N2O3S/c17-11-3-8-15(14(18)9-11)24(22,23)20-13-4-1-10(2-5-13)16(21)19-12-6-7-12/h1-5,8-9,12,20H,6-7H2,(H,19,21). The third-order valence-electron chi connectivity index (χ3n) is 3.50. The maximum atomic E-state index is 13.6. The molecule has 2 aromatic carbocycles. The molecular formula is C16H14F2N2O3S. The summed E-state index contributed by atoms with van der Waals surface area (Å²) in [5.74, 6) is -2.27. The summed E-state index contributed by atoms with van der Waals surface area (Å²) in [5.41, 5.74) is 0.569. The minimum absolute atomic E-state index is 0.168. The highest BCUT2D eigenvalue weighted by Crippen LogP contribution is 2.21. The van der Waals surface area contributed by atoms with E-state index in [2.05, 4.69) is 10.0 Å². The van der Waals surface area contributed by atoms with Gasteiger partial charge in [0, 0.05) is 23.4 Å². The average molecular weight is 352 g/mol. The SMILES string of the molecule is O=C(NC1CC1)c1ccc(NS(=O)(=O)c2ccc(F)cc2F)cc1. The van der Waals surface area contributed by atoms with Crippen molar-refractivity contribution in [3.05, 3.63) is 59.7 Å². The first-order valence-electron chi connectivity index (χ1n) is 7.24. The lowest BCUT2D eigenvalue weighted by molar-refractivity contribution is 0.0951. The zero-order valence-corrected chi connectivity index (χ0v) is 13.2. The molecule has 0 unspecified atom stereocenters. The van der Waals surface area contributed by atoms with Crippen molar-refractivity contribution < 1.29 is 22.0 Å². The summed E-state index contributed by atoms with van der Waals surface area (Å²) >= 11 is 0. The van der Waals surface area contributed by atoms with Gasteiger partial charge in [0.05, 0.1) is 0 Å². The molecule has 24 heavy (non-hydrogen) atoms. The molecule has 0 atom stereocenters. The van der Waals surface area contributed by atoms with Crippen LogP contribution in [0.1, 0.15) is 23.2 Å². The normalized spacial score (nSPS) is 14.2. The van der Waals surface area contributed by atoms with Gasteiger partial charge in [0.2, 0.25) is 0 Å². The average Bonchev–Trinajstić information content (AvgIpc) is 3.31. The largest absolute Gasteiger partial charge is 0.349 e. The number of hydrogen-bond donors (Lipinski definition) is 2. The van der Waals surface area contributed by atoms with E-state index in [4.69, 9.17) is 0 Å². The van der Waals surface area contributed by atoms with Crippen LogP contribution in [0.25, 0.3) is 0 Å². The van der Waals surface area contributed by atoms with Crippen LogP contribution in [0.4, 0.5) is 14.5 Å². The van der Waals surface area contributed by atoms with Crippen LogP contribution in [-0.4, -0.2) is 20.4 Å². The number of amides is 1. The Kier molecular flexibility index (Phi) is 4.23. The van der Waals surface area contributed by atoms with E-state index in [1.807, 2.05) is 0 Å². The summed E-state index contributed by atoms with van der Waals surface area (Å²) in [6.45, 7) is 0. The van der Waals surface area contributed by atoms with Gasteiger partial charge in [-0.05, 0) is 49.2 Å². The Morgan fingerprint density at radius 1 is 1.04 bits per heavy atom. The number of rotatable bonds is 5. The number of nitrogens with one attached hydrogen (secondary N) is 2. The molecule has 1 fully saturated rings. The van der Waals surface area contributed by atoms with Gasteiger partial charge in [0.15, 0.2) is 0 Å². The quantitative estimate of drug-likeness (QED) is 0.869. The fourth-order valence-corrected chi connectivity index (χ4v) is 3.21. The van der Waals surface area contributed by atoms with Crippen LogP contribution in [0.3, 0.4) is 0 Å². The van der Waals surface area contributed by atoms with Crippen LogP contribution < -0.4 is 10.0 Å². The van der Waals surface area contributed by atoms with Crippen molar-refractivity contribution in [2.45, 2.75) is 23.8 Å². The van der Waals surface area contributed by atoms with Crippen molar-refractivity contribution in [2.24, 2.45) is 0 Å². The highest BCUT2D eigenvalue weighted by atomic mass is 32.2. The molecule has 0 aromatic heterocycles. The first-order valence-corrected chi connectivity index (χ1v) is 8.72. The number of anilines is 1. The molecule has 1 aliphatic rings. The molecule has 2 N–H and O–H groups in total. The van der Waals surface area contributed by atoms with Crippen molar-refractivity contribution in [3.8, 4) is 0 Å². The third kappa shape index (κ3) is 3.70. The second kappa shape index (κ2) is 6.20. The molecule has 1 aliphatic carbocycles. The molecule has 0 aliphatic heterocycles. The monoisotopic (exact) mass is 352 g/mol. The highest BCUT2D eigenvalue weighted by Gasteiger charge is 2.24. The van der Waals surface area contributed by atoms with E-state index < -0.39 is 26.6 Å². The smallest absolute Gasteiger partial charge is 0.264 e. The number of hydrogen-bond acceptors (Lipinski definition) is 3. The van der Waals surface area contributed by atoms with Crippen LogP contribution in [0.5, 0.6) is 0 Å². The summed E-state index contributed by atoms with van der Waals surface area (Å²) in [4.78, 5) is 11.2. The summed E-state index contributed by atoms with van der Waals surface area (Å²) < 4.78 is 53.0. The van der Waals surface area contributed by atoms with E-state index in [1.165, 1.54) is 24.3 Å². The van der Waals surface area contributed by atoms with E-state index in [-0.39, 0.29) is 17.6 Å². The fraction of sp³-hybridized carbons (Fsp3) is 0.188. The van der Waals surface area contributed by atoms with E-state index in [0.717, 1.165) is 25.0 Å². The first-order chi connectivity index (χ1) is 11.3. The fourth-order valence-electron chi connectivity index (χ4n) is 2.09.